The zero-order valence-corrected chi connectivity index (χ0v) is 18.0. The van der Waals surface area contributed by atoms with Gasteiger partial charge in [-0.1, -0.05) is 0 Å². The van der Waals surface area contributed by atoms with E-state index in [1.807, 2.05) is 4.72 Å². The highest BCUT2D eigenvalue weighted by Gasteiger charge is 2.35. The number of nitrogens with zero attached hydrogens (tertiary/aromatic N) is 4. The number of pyridine rings is 1. The molecule has 0 spiro atoms. The molecule has 3 heterocycles. The van der Waals surface area contributed by atoms with Gasteiger partial charge in [-0.3, -0.25) is 4.79 Å². The second-order valence-corrected chi connectivity index (χ2v) is 9.54. The minimum Gasteiger partial charge on any atom is -0.361 e. The third-order valence-corrected chi connectivity index (χ3v) is 6.76. The molecule has 1 saturated heterocycles. The maximum Gasteiger partial charge on any atom is 0.303 e. The predicted molar refractivity (Wildman–Crippen MR) is 111 cm³/mol. The van der Waals surface area contributed by atoms with Gasteiger partial charge in [0, 0.05) is 44.5 Å². The van der Waals surface area contributed by atoms with Crippen LogP contribution in [-0.4, -0.2) is 55.1 Å². The van der Waals surface area contributed by atoms with Crippen molar-refractivity contribution in [3.05, 3.63) is 65.5 Å². The molecule has 12 heteroatoms. The van der Waals surface area contributed by atoms with E-state index in [2.05, 4.69) is 5.10 Å². The summed E-state index contributed by atoms with van der Waals surface area (Å²) in [6, 6.07) is 5.44. The van der Waals surface area contributed by atoms with E-state index in [0.717, 1.165) is 22.5 Å². The van der Waals surface area contributed by atoms with Crippen LogP contribution in [0.25, 0.3) is 5.52 Å². The SMILES string of the molecule is CN(C)S(=O)(=O)NC(=O)c1cnn2ccc(N3CC(F)CC3c3cc(F)ccc3F)cc12. The standard InChI is InChI=1S/C20H20F3N5O3S/c1-26(2)32(30,31)25-20(29)16-10-24-28-6-5-14(9-19(16)28)27-11-13(22)8-18(27)15-7-12(21)3-4-17(15)23/h3-7,9-10,13,18H,8,11H2,1-2H3,(H,25,29). The van der Waals surface area contributed by atoms with Gasteiger partial charge in [-0.25, -0.2) is 22.4 Å². The van der Waals surface area contributed by atoms with Crippen molar-refractivity contribution in [2.24, 2.45) is 0 Å². The van der Waals surface area contributed by atoms with Crippen molar-refractivity contribution >= 4 is 27.3 Å². The van der Waals surface area contributed by atoms with Gasteiger partial charge in [0.25, 0.3) is 5.91 Å². The number of carbonyl (C=O) groups excluding carboxylic acids is 1. The van der Waals surface area contributed by atoms with Gasteiger partial charge in [-0.15, -0.1) is 0 Å². The maximum absolute atomic E-state index is 14.4. The van der Waals surface area contributed by atoms with E-state index in [9.17, 15) is 26.4 Å². The first-order chi connectivity index (χ1) is 15.1. The fourth-order valence-electron chi connectivity index (χ4n) is 3.72. The Labute approximate surface area is 182 Å². The first-order valence-corrected chi connectivity index (χ1v) is 11.1. The molecule has 1 aliphatic heterocycles. The molecule has 0 bridgehead atoms. The molecule has 8 nitrogen and oxygen atoms in total. The lowest BCUT2D eigenvalue weighted by atomic mass is 10.0. The number of amides is 1. The molecule has 3 aromatic rings. The minimum atomic E-state index is -4.02. The number of nitrogens with one attached hydrogen (secondary N) is 1. The van der Waals surface area contributed by atoms with Gasteiger partial charge in [-0.2, -0.15) is 17.8 Å². The van der Waals surface area contributed by atoms with Crippen LogP contribution in [0.4, 0.5) is 18.9 Å². The fraction of sp³-hybridized carbons (Fsp3) is 0.300. The summed E-state index contributed by atoms with van der Waals surface area (Å²) in [6.45, 7) is -0.0541. The van der Waals surface area contributed by atoms with E-state index in [0.29, 0.717) is 5.69 Å². The Morgan fingerprint density at radius 3 is 2.69 bits per heavy atom. The van der Waals surface area contributed by atoms with Crippen LogP contribution in [0.1, 0.15) is 28.4 Å². The molecular formula is C20H20F3N5O3S. The van der Waals surface area contributed by atoms with Crippen molar-refractivity contribution in [1.29, 1.82) is 0 Å². The van der Waals surface area contributed by atoms with Gasteiger partial charge >= 0.3 is 10.2 Å². The molecule has 0 radical (unpaired) electrons. The highest BCUT2D eigenvalue weighted by Crippen LogP contribution is 2.39. The number of carbonyl (C=O) groups is 1. The second kappa shape index (κ2) is 8.10. The van der Waals surface area contributed by atoms with Crippen molar-refractivity contribution in [2.75, 3.05) is 25.5 Å². The first-order valence-electron chi connectivity index (χ1n) is 9.64. The lowest BCUT2D eigenvalue weighted by molar-refractivity contribution is 0.0981. The topological polar surface area (TPSA) is 87.0 Å². The number of alkyl halides is 1. The number of rotatable bonds is 5. The number of benzene rings is 1. The van der Waals surface area contributed by atoms with Crippen LogP contribution in [0.2, 0.25) is 0 Å². The summed E-state index contributed by atoms with van der Waals surface area (Å²) in [5.41, 5.74) is 0.751. The largest absolute Gasteiger partial charge is 0.361 e. The first kappa shape index (κ1) is 22.1. The van der Waals surface area contributed by atoms with Crippen LogP contribution in [0, 0.1) is 11.6 Å². The highest BCUT2D eigenvalue weighted by molar-refractivity contribution is 7.87. The monoisotopic (exact) mass is 467 g/mol. The number of halogens is 3. The average Bonchev–Trinajstić information content (AvgIpc) is 3.32. The number of fused-ring (bicyclic) bond motifs is 1. The third-order valence-electron chi connectivity index (χ3n) is 5.35. The lowest BCUT2D eigenvalue weighted by Gasteiger charge is -2.27. The number of aromatic nitrogens is 2. The zero-order chi connectivity index (χ0) is 23.2. The molecule has 0 saturated carbocycles. The average molecular weight is 467 g/mol. The highest BCUT2D eigenvalue weighted by atomic mass is 32.2. The second-order valence-electron chi connectivity index (χ2n) is 7.66. The molecule has 1 amide bonds. The summed E-state index contributed by atoms with van der Waals surface area (Å²) in [4.78, 5) is 14.1. The van der Waals surface area contributed by atoms with Gasteiger partial charge in [0.2, 0.25) is 0 Å². The van der Waals surface area contributed by atoms with Crippen molar-refractivity contribution < 1.29 is 26.4 Å². The molecule has 2 unspecified atom stereocenters. The quantitative estimate of drug-likeness (QED) is 0.623. The van der Waals surface area contributed by atoms with Gasteiger partial charge in [0.1, 0.15) is 17.8 Å². The maximum atomic E-state index is 14.4. The van der Waals surface area contributed by atoms with Gasteiger partial charge in [0.15, 0.2) is 0 Å². The smallest absolute Gasteiger partial charge is 0.303 e. The van der Waals surface area contributed by atoms with Gasteiger partial charge in [-0.05, 0) is 30.3 Å². The molecule has 1 aromatic carbocycles. The summed E-state index contributed by atoms with van der Waals surface area (Å²) in [7, 11) is -1.47. The Hall–Kier alpha value is -3.12. The van der Waals surface area contributed by atoms with Crippen molar-refractivity contribution in [3.63, 3.8) is 0 Å². The number of hydrogen-bond acceptors (Lipinski definition) is 5. The Morgan fingerprint density at radius 2 is 1.97 bits per heavy atom. The number of hydrogen-bond donors (Lipinski definition) is 1. The molecule has 170 valence electrons. The third kappa shape index (κ3) is 4.02. The Kier molecular flexibility index (Phi) is 5.59. The van der Waals surface area contributed by atoms with Crippen LogP contribution in [0.3, 0.4) is 0 Å². The van der Waals surface area contributed by atoms with Crippen molar-refractivity contribution in [2.45, 2.75) is 18.6 Å². The molecular weight excluding hydrogens is 447 g/mol. The summed E-state index contributed by atoms with van der Waals surface area (Å²) >= 11 is 0. The Bertz CT molecular complexity index is 1290. The normalized spacial score (nSPS) is 19.1. The summed E-state index contributed by atoms with van der Waals surface area (Å²) in [5, 5.41) is 4.05. The molecule has 1 fully saturated rings. The summed E-state index contributed by atoms with van der Waals surface area (Å²) in [5.74, 6) is -2.16. The van der Waals surface area contributed by atoms with Crippen molar-refractivity contribution in [3.8, 4) is 0 Å². The molecule has 1 aliphatic rings. The van der Waals surface area contributed by atoms with Crippen LogP contribution >= 0.6 is 0 Å². The van der Waals surface area contributed by atoms with Crippen LogP contribution in [-0.2, 0) is 10.2 Å². The molecule has 2 aromatic heterocycles. The Balaban J connectivity index is 1.72. The lowest BCUT2D eigenvalue weighted by Crippen LogP contribution is -2.39. The molecule has 1 N–H and O–H groups in total. The van der Waals surface area contributed by atoms with E-state index in [1.165, 1.54) is 37.1 Å². The number of anilines is 1. The van der Waals surface area contributed by atoms with Crippen molar-refractivity contribution in [1.82, 2.24) is 18.6 Å². The van der Waals surface area contributed by atoms with Crippen LogP contribution in [0.5, 0.6) is 0 Å². The van der Waals surface area contributed by atoms with Gasteiger partial charge < -0.3 is 4.90 Å². The summed E-state index contributed by atoms with van der Waals surface area (Å²) < 4.78 is 70.6. The molecule has 2 atom stereocenters. The van der Waals surface area contributed by atoms with Gasteiger partial charge in [0.05, 0.1) is 23.3 Å². The van der Waals surface area contributed by atoms with Crippen LogP contribution in [0.15, 0.2) is 42.7 Å². The minimum absolute atomic E-state index is 0.0123. The van der Waals surface area contributed by atoms with E-state index in [-0.39, 0.29) is 29.6 Å². The van der Waals surface area contributed by atoms with E-state index >= 15 is 0 Å². The predicted octanol–water partition coefficient (Wildman–Crippen LogP) is 2.44. The molecule has 0 aliphatic carbocycles. The van der Waals surface area contributed by atoms with E-state index in [1.54, 1.807) is 11.0 Å². The molecule has 32 heavy (non-hydrogen) atoms. The summed E-state index contributed by atoms with van der Waals surface area (Å²) in [6.07, 6.45) is 1.44. The zero-order valence-electron chi connectivity index (χ0n) is 17.2. The van der Waals surface area contributed by atoms with E-state index < -0.39 is 40.0 Å². The Morgan fingerprint density at radius 1 is 1.22 bits per heavy atom. The fourth-order valence-corrected chi connectivity index (χ4v) is 4.25. The molecule has 4 rings (SSSR count). The van der Waals surface area contributed by atoms with E-state index in [4.69, 9.17) is 0 Å². The van der Waals surface area contributed by atoms with Crippen LogP contribution < -0.4 is 9.62 Å².